The Morgan fingerprint density at radius 1 is 1.50 bits per heavy atom. The van der Waals surface area contributed by atoms with Crippen LogP contribution in [0, 0.1) is 0 Å². The lowest BCUT2D eigenvalue weighted by Crippen LogP contribution is -2.39. The molecule has 0 amide bonds. The summed E-state index contributed by atoms with van der Waals surface area (Å²) in [7, 11) is 0. The van der Waals surface area contributed by atoms with Crippen molar-refractivity contribution in [1.29, 1.82) is 0 Å². The van der Waals surface area contributed by atoms with Crippen LogP contribution in [0.1, 0.15) is 50.9 Å². The van der Waals surface area contributed by atoms with Crippen LogP contribution in [0.5, 0.6) is 0 Å². The van der Waals surface area contributed by atoms with Gasteiger partial charge in [0.1, 0.15) is 11.6 Å². The van der Waals surface area contributed by atoms with Crippen molar-refractivity contribution >= 4 is 0 Å². The van der Waals surface area contributed by atoms with E-state index in [1.807, 2.05) is 13.8 Å². The van der Waals surface area contributed by atoms with Gasteiger partial charge in [-0.3, -0.25) is 0 Å². The highest BCUT2D eigenvalue weighted by Gasteiger charge is 2.30. The first-order valence-electron chi connectivity index (χ1n) is 6.46. The maximum absolute atomic E-state index is 6.12. The first-order valence-corrected chi connectivity index (χ1v) is 6.46. The normalized spacial score (nSPS) is 23.8. The molecule has 1 aromatic heterocycles. The summed E-state index contributed by atoms with van der Waals surface area (Å²) in [5, 5.41) is 3.94. The zero-order valence-electron chi connectivity index (χ0n) is 11.0. The fourth-order valence-electron chi connectivity index (χ4n) is 1.91. The number of hydrogen-bond acceptors (Lipinski definition) is 6. The van der Waals surface area contributed by atoms with Crippen molar-refractivity contribution in [3.63, 3.8) is 0 Å². The second kappa shape index (κ2) is 5.77. The van der Waals surface area contributed by atoms with Crippen molar-refractivity contribution in [1.82, 2.24) is 10.1 Å². The summed E-state index contributed by atoms with van der Waals surface area (Å²) in [4.78, 5) is 4.35. The molecule has 2 heterocycles. The highest BCUT2D eigenvalue weighted by Crippen LogP contribution is 2.27. The van der Waals surface area contributed by atoms with Gasteiger partial charge in [-0.15, -0.1) is 0 Å². The van der Waals surface area contributed by atoms with Crippen molar-refractivity contribution in [3.8, 4) is 0 Å². The van der Waals surface area contributed by atoms with Gasteiger partial charge in [-0.25, -0.2) is 0 Å². The lowest BCUT2D eigenvalue weighted by atomic mass is 10.1. The minimum Gasteiger partial charge on any atom is -0.379 e. The van der Waals surface area contributed by atoms with Gasteiger partial charge in [0, 0.05) is 13.2 Å². The predicted octanol–water partition coefficient (Wildman–Crippen LogP) is 1.52. The van der Waals surface area contributed by atoms with E-state index in [2.05, 4.69) is 10.1 Å². The van der Waals surface area contributed by atoms with Gasteiger partial charge < -0.3 is 19.7 Å². The van der Waals surface area contributed by atoms with E-state index < -0.39 is 5.54 Å². The Kier molecular flexibility index (Phi) is 4.31. The van der Waals surface area contributed by atoms with Crippen molar-refractivity contribution in [2.75, 3.05) is 19.8 Å². The third-order valence-corrected chi connectivity index (χ3v) is 3.01. The van der Waals surface area contributed by atoms with Gasteiger partial charge in [-0.2, -0.15) is 4.98 Å². The number of nitrogens with two attached hydrogens (primary N) is 1. The third kappa shape index (κ3) is 3.07. The molecule has 102 valence electrons. The monoisotopic (exact) mass is 255 g/mol. The summed E-state index contributed by atoms with van der Waals surface area (Å²) in [6.07, 6.45) is 3.06. The molecule has 0 radical (unpaired) electrons. The van der Waals surface area contributed by atoms with Gasteiger partial charge in [0.15, 0.2) is 5.82 Å². The fourth-order valence-corrected chi connectivity index (χ4v) is 1.91. The summed E-state index contributed by atoms with van der Waals surface area (Å²) >= 11 is 0. The van der Waals surface area contributed by atoms with Gasteiger partial charge in [-0.05, 0) is 33.1 Å². The average Bonchev–Trinajstić information content (AvgIpc) is 2.88. The Morgan fingerprint density at radius 3 is 3.00 bits per heavy atom. The van der Waals surface area contributed by atoms with Crippen molar-refractivity contribution in [2.24, 2.45) is 5.73 Å². The molecule has 1 aliphatic rings. The molecule has 1 fully saturated rings. The molecular formula is C12H21N3O3. The van der Waals surface area contributed by atoms with Crippen LogP contribution in [0.15, 0.2) is 4.52 Å². The topological polar surface area (TPSA) is 83.4 Å². The molecule has 0 aliphatic carbocycles. The molecule has 2 atom stereocenters. The van der Waals surface area contributed by atoms with Crippen LogP contribution < -0.4 is 5.73 Å². The van der Waals surface area contributed by atoms with E-state index in [1.54, 1.807) is 0 Å². The van der Waals surface area contributed by atoms with Gasteiger partial charge in [0.2, 0.25) is 0 Å². The van der Waals surface area contributed by atoms with E-state index in [4.69, 9.17) is 19.7 Å². The van der Waals surface area contributed by atoms with Crippen LogP contribution in [0.2, 0.25) is 0 Å². The molecule has 2 unspecified atom stereocenters. The van der Waals surface area contributed by atoms with Gasteiger partial charge in [0.05, 0.1) is 6.61 Å². The molecule has 2 rings (SSSR count). The second-order valence-electron chi connectivity index (χ2n) is 4.87. The molecule has 0 saturated carbocycles. The molecule has 0 spiro atoms. The second-order valence-corrected chi connectivity index (χ2v) is 4.87. The van der Waals surface area contributed by atoms with Gasteiger partial charge >= 0.3 is 0 Å². The van der Waals surface area contributed by atoms with E-state index >= 15 is 0 Å². The summed E-state index contributed by atoms with van der Waals surface area (Å²) < 4.78 is 16.2. The molecule has 0 bridgehead atoms. The number of rotatable bonds is 5. The van der Waals surface area contributed by atoms with Crippen LogP contribution in [0.25, 0.3) is 0 Å². The summed E-state index contributed by atoms with van der Waals surface area (Å²) in [5.74, 6) is 0.998. The van der Waals surface area contributed by atoms with Crippen LogP contribution in [0.4, 0.5) is 0 Å². The molecule has 2 N–H and O–H groups in total. The minimum absolute atomic E-state index is 0.0807. The molecule has 1 aliphatic heterocycles. The molecular weight excluding hydrogens is 234 g/mol. The average molecular weight is 255 g/mol. The SMILES string of the molecule is CCOCC(C)(N)c1noc(C2CCCCO2)n1. The lowest BCUT2D eigenvalue weighted by Gasteiger charge is -2.20. The third-order valence-electron chi connectivity index (χ3n) is 3.01. The Morgan fingerprint density at radius 2 is 2.33 bits per heavy atom. The predicted molar refractivity (Wildman–Crippen MR) is 64.9 cm³/mol. The standard InChI is InChI=1S/C12H21N3O3/c1-3-16-8-12(2,13)11-14-10(18-15-11)9-6-4-5-7-17-9/h9H,3-8,13H2,1-2H3. The minimum atomic E-state index is -0.730. The Balaban J connectivity index is 2.04. The molecule has 6 nitrogen and oxygen atoms in total. The molecule has 0 aromatic carbocycles. The highest BCUT2D eigenvalue weighted by atomic mass is 16.5. The number of hydrogen-bond donors (Lipinski definition) is 1. The Bertz CT molecular complexity index is 372. The first-order chi connectivity index (χ1) is 8.63. The summed E-state index contributed by atoms with van der Waals surface area (Å²) in [6, 6.07) is 0. The van der Waals surface area contributed by atoms with Crippen LogP contribution in [-0.4, -0.2) is 30.0 Å². The smallest absolute Gasteiger partial charge is 0.255 e. The molecule has 1 aromatic rings. The zero-order valence-corrected chi connectivity index (χ0v) is 11.0. The van der Waals surface area contributed by atoms with E-state index in [0.717, 1.165) is 25.9 Å². The number of nitrogens with zero attached hydrogens (tertiary/aromatic N) is 2. The molecule has 6 heteroatoms. The van der Waals surface area contributed by atoms with E-state index in [9.17, 15) is 0 Å². The van der Waals surface area contributed by atoms with Crippen molar-refractivity contribution < 1.29 is 14.0 Å². The molecule has 1 saturated heterocycles. The van der Waals surface area contributed by atoms with E-state index in [1.165, 1.54) is 0 Å². The van der Waals surface area contributed by atoms with E-state index in [-0.39, 0.29) is 6.10 Å². The Hall–Kier alpha value is -0.980. The quantitative estimate of drug-likeness (QED) is 0.858. The first kappa shape index (κ1) is 13.5. The summed E-state index contributed by atoms with van der Waals surface area (Å²) in [5.41, 5.74) is 5.39. The van der Waals surface area contributed by atoms with Crippen molar-refractivity contribution in [2.45, 2.75) is 44.8 Å². The largest absolute Gasteiger partial charge is 0.379 e. The lowest BCUT2D eigenvalue weighted by molar-refractivity contribution is -0.00459. The van der Waals surface area contributed by atoms with E-state index in [0.29, 0.717) is 24.9 Å². The fraction of sp³-hybridized carbons (Fsp3) is 0.833. The zero-order chi connectivity index (χ0) is 13.0. The maximum Gasteiger partial charge on any atom is 0.255 e. The number of ether oxygens (including phenoxy) is 2. The summed E-state index contributed by atoms with van der Waals surface area (Å²) in [6.45, 7) is 5.49. The van der Waals surface area contributed by atoms with Crippen LogP contribution >= 0.6 is 0 Å². The van der Waals surface area contributed by atoms with Gasteiger partial charge in [-0.1, -0.05) is 5.16 Å². The maximum atomic E-state index is 6.12. The van der Waals surface area contributed by atoms with Crippen LogP contribution in [0.3, 0.4) is 0 Å². The Labute approximate surface area is 107 Å². The van der Waals surface area contributed by atoms with Crippen molar-refractivity contribution in [3.05, 3.63) is 11.7 Å². The highest BCUT2D eigenvalue weighted by molar-refractivity contribution is 5.03. The number of aromatic nitrogens is 2. The molecule has 18 heavy (non-hydrogen) atoms. The van der Waals surface area contributed by atoms with Crippen LogP contribution in [-0.2, 0) is 15.0 Å². The van der Waals surface area contributed by atoms with Gasteiger partial charge in [0.25, 0.3) is 5.89 Å².